The van der Waals surface area contributed by atoms with Gasteiger partial charge in [0.2, 0.25) is 0 Å². The molecule has 3 heterocycles. The number of hydrogen-bond acceptors (Lipinski definition) is 5. The standard InChI is InChI=1S/C30H24FN5O.ClH/c31-25-17-22(37)13-14-23(25)29-24(18-32)26(19-9-11-21(12-10-19)36-15-5-2-6-16-36)27-28(34-35-30(27)33-29)20-7-3-1-4-8-20;/h1,3-4,7-14,17,37H,2,5-6,15-16H2,(H,33,34,35);1H. The molecule has 1 aliphatic heterocycles. The zero-order valence-electron chi connectivity index (χ0n) is 20.5. The number of piperidine rings is 1. The number of anilines is 1. The Labute approximate surface area is 225 Å². The minimum Gasteiger partial charge on any atom is -0.508 e. The number of fused-ring (bicyclic) bond motifs is 1. The van der Waals surface area contributed by atoms with E-state index >= 15 is 0 Å². The van der Waals surface area contributed by atoms with Gasteiger partial charge in [0, 0.05) is 41.5 Å². The molecule has 0 atom stereocenters. The number of aromatic amines is 1. The zero-order valence-corrected chi connectivity index (χ0v) is 21.3. The average Bonchev–Trinajstić information content (AvgIpc) is 3.37. The molecule has 5 aromatic rings. The Morgan fingerprint density at radius 1 is 0.921 bits per heavy atom. The summed E-state index contributed by atoms with van der Waals surface area (Å²) < 4.78 is 15.0. The number of nitrogens with zero attached hydrogens (tertiary/aromatic N) is 4. The van der Waals surface area contributed by atoms with Crippen LogP contribution >= 0.6 is 12.4 Å². The third-order valence-corrected chi connectivity index (χ3v) is 6.96. The zero-order chi connectivity index (χ0) is 25.4. The summed E-state index contributed by atoms with van der Waals surface area (Å²) >= 11 is 0. The van der Waals surface area contributed by atoms with Gasteiger partial charge in [-0.15, -0.1) is 12.4 Å². The first kappa shape index (κ1) is 25.2. The Morgan fingerprint density at radius 3 is 2.34 bits per heavy atom. The van der Waals surface area contributed by atoms with Crippen molar-refractivity contribution in [2.24, 2.45) is 0 Å². The number of hydrogen-bond donors (Lipinski definition) is 2. The Morgan fingerprint density at radius 2 is 1.66 bits per heavy atom. The van der Waals surface area contributed by atoms with Gasteiger partial charge in [-0.1, -0.05) is 42.5 Å². The number of benzene rings is 3. The second-order valence-electron chi connectivity index (χ2n) is 9.24. The predicted molar refractivity (Wildman–Crippen MR) is 150 cm³/mol. The molecular weight excluding hydrogens is 501 g/mol. The van der Waals surface area contributed by atoms with Crippen LogP contribution in [0.5, 0.6) is 5.75 Å². The first-order chi connectivity index (χ1) is 18.1. The molecule has 1 saturated heterocycles. The molecule has 0 radical (unpaired) electrons. The number of H-pyrrole nitrogens is 1. The van der Waals surface area contributed by atoms with Gasteiger partial charge in [-0.25, -0.2) is 9.37 Å². The fourth-order valence-corrected chi connectivity index (χ4v) is 5.15. The van der Waals surface area contributed by atoms with Gasteiger partial charge < -0.3 is 10.0 Å². The predicted octanol–water partition coefficient (Wildman–Crippen LogP) is 7.09. The molecule has 0 bridgehead atoms. The minimum atomic E-state index is -0.659. The average molecular weight is 526 g/mol. The number of nitriles is 1. The quantitative estimate of drug-likeness (QED) is 0.261. The van der Waals surface area contributed by atoms with Gasteiger partial charge in [-0.3, -0.25) is 5.10 Å². The lowest BCUT2D eigenvalue weighted by Crippen LogP contribution is -2.29. The maximum atomic E-state index is 15.0. The van der Waals surface area contributed by atoms with Crippen LogP contribution in [0.3, 0.4) is 0 Å². The van der Waals surface area contributed by atoms with Crippen molar-refractivity contribution in [1.29, 1.82) is 5.26 Å². The first-order valence-electron chi connectivity index (χ1n) is 12.4. The van der Waals surface area contributed by atoms with Crippen LogP contribution in [0.25, 0.3) is 44.7 Å². The number of phenols is 1. The molecule has 190 valence electrons. The van der Waals surface area contributed by atoms with Crippen LogP contribution in [0.4, 0.5) is 10.1 Å². The van der Waals surface area contributed by atoms with Gasteiger partial charge in [0.1, 0.15) is 17.6 Å². The molecule has 3 aromatic carbocycles. The summed E-state index contributed by atoms with van der Waals surface area (Å²) in [6.07, 6.45) is 3.62. The van der Waals surface area contributed by atoms with E-state index in [1.165, 1.54) is 31.4 Å². The van der Waals surface area contributed by atoms with Crippen LogP contribution in [-0.2, 0) is 0 Å². The SMILES string of the molecule is Cl.N#Cc1c(-c2ccc(O)cc2F)nc2n[nH]c(-c3ccccc3)c2c1-c1ccc(N2CCCCC2)cc1. The third-order valence-electron chi connectivity index (χ3n) is 6.96. The van der Waals surface area contributed by atoms with E-state index in [0.29, 0.717) is 16.6 Å². The van der Waals surface area contributed by atoms with Crippen LogP contribution < -0.4 is 4.90 Å². The van der Waals surface area contributed by atoms with E-state index in [1.807, 2.05) is 42.5 Å². The molecule has 6 nitrogen and oxygen atoms in total. The Bertz CT molecular complexity index is 1640. The fourth-order valence-electron chi connectivity index (χ4n) is 5.15. The highest BCUT2D eigenvalue weighted by Gasteiger charge is 2.24. The number of halogens is 2. The van der Waals surface area contributed by atoms with E-state index in [2.05, 4.69) is 38.3 Å². The van der Waals surface area contributed by atoms with Gasteiger partial charge in [-0.05, 0) is 49.1 Å². The summed E-state index contributed by atoms with van der Waals surface area (Å²) in [5.41, 5.74) is 5.22. The highest BCUT2D eigenvalue weighted by molar-refractivity contribution is 6.06. The molecule has 2 aromatic heterocycles. The van der Waals surface area contributed by atoms with Crippen molar-refractivity contribution in [2.75, 3.05) is 18.0 Å². The molecule has 6 rings (SSSR count). The molecule has 0 aliphatic carbocycles. The minimum absolute atomic E-state index is 0. The van der Waals surface area contributed by atoms with Crippen molar-refractivity contribution in [1.82, 2.24) is 15.2 Å². The Hall–Kier alpha value is -4.41. The summed E-state index contributed by atoms with van der Waals surface area (Å²) in [4.78, 5) is 7.02. The molecule has 0 unspecified atom stereocenters. The van der Waals surface area contributed by atoms with Crippen molar-refractivity contribution >= 4 is 29.1 Å². The molecule has 0 spiro atoms. The van der Waals surface area contributed by atoms with Crippen LogP contribution in [0, 0.1) is 17.1 Å². The topological polar surface area (TPSA) is 88.8 Å². The van der Waals surface area contributed by atoms with Gasteiger partial charge in [-0.2, -0.15) is 10.4 Å². The summed E-state index contributed by atoms with van der Waals surface area (Å²) in [6.45, 7) is 2.07. The molecule has 0 saturated carbocycles. The van der Waals surface area contributed by atoms with Gasteiger partial charge in [0.15, 0.2) is 5.65 Å². The maximum absolute atomic E-state index is 15.0. The van der Waals surface area contributed by atoms with Crippen LogP contribution in [0.2, 0.25) is 0 Å². The molecular formula is C30H25ClFN5O. The molecule has 1 aliphatic rings. The van der Waals surface area contributed by atoms with Crippen LogP contribution in [-0.4, -0.2) is 33.4 Å². The second-order valence-corrected chi connectivity index (χ2v) is 9.24. The number of aromatic nitrogens is 3. The van der Waals surface area contributed by atoms with Crippen molar-refractivity contribution in [3.05, 3.63) is 84.2 Å². The lowest BCUT2D eigenvalue weighted by Gasteiger charge is -2.29. The number of rotatable bonds is 4. The van der Waals surface area contributed by atoms with E-state index in [1.54, 1.807) is 0 Å². The molecule has 8 heteroatoms. The van der Waals surface area contributed by atoms with Crippen molar-refractivity contribution in [2.45, 2.75) is 19.3 Å². The number of aromatic hydroxyl groups is 1. The monoisotopic (exact) mass is 525 g/mol. The lowest BCUT2D eigenvalue weighted by molar-refractivity contribution is 0.469. The van der Waals surface area contributed by atoms with Crippen molar-refractivity contribution in [3.63, 3.8) is 0 Å². The number of pyridine rings is 1. The van der Waals surface area contributed by atoms with E-state index < -0.39 is 5.82 Å². The summed E-state index contributed by atoms with van der Waals surface area (Å²) in [5.74, 6) is -0.853. The van der Waals surface area contributed by atoms with E-state index in [0.717, 1.165) is 41.7 Å². The van der Waals surface area contributed by atoms with Crippen molar-refractivity contribution in [3.8, 4) is 45.5 Å². The van der Waals surface area contributed by atoms with E-state index in [4.69, 9.17) is 0 Å². The third kappa shape index (κ3) is 4.44. The smallest absolute Gasteiger partial charge is 0.182 e. The van der Waals surface area contributed by atoms with Gasteiger partial charge >= 0.3 is 0 Å². The summed E-state index contributed by atoms with van der Waals surface area (Å²) in [6, 6.07) is 24.1. The molecule has 1 fully saturated rings. The van der Waals surface area contributed by atoms with Crippen LogP contribution in [0.1, 0.15) is 24.8 Å². The normalized spacial score (nSPS) is 13.2. The first-order valence-corrected chi connectivity index (χ1v) is 12.4. The van der Waals surface area contributed by atoms with Gasteiger partial charge in [0.05, 0.1) is 22.3 Å². The lowest BCUT2D eigenvalue weighted by atomic mass is 9.91. The second kappa shape index (κ2) is 10.5. The highest BCUT2D eigenvalue weighted by atomic mass is 35.5. The number of phenolic OH excluding ortho intramolecular Hbond substituents is 1. The van der Waals surface area contributed by atoms with E-state index in [9.17, 15) is 14.8 Å². The Balaban J connectivity index is 0.00000294. The Kier molecular flexibility index (Phi) is 6.99. The van der Waals surface area contributed by atoms with Crippen LogP contribution in [0.15, 0.2) is 72.8 Å². The van der Waals surface area contributed by atoms with Crippen molar-refractivity contribution < 1.29 is 9.50 Å². The molecule has 2 N–H and O–H groups in total. The molecule has 38 heavy (non-hydrogen) atoms. The summed E-state index contributed by atoms with van der Waals surface area (Å²) in [5, 5.41) is 28.4. The highest BCUT2D eigenvalue weighted by Crippen LogP contribution is 2.41. The van der Waals surface area contributed by atoms with E-state index in [-0.39, 0.29) is 35.0 Å². The largest absolute Gasteiger partial charge is 0.508 e. The summed E-state index contributed by atoms with van der Waals surface area (Å²) in [7, 11) is 0. The van der Waals surface area contributed by atoms with Gasteiger partial charge in [0.25, 0.3) is 0 Å². The number of nitrogens with one attached hydrogen (secondary N) is 1. The fraction of sp³-hybridized carbons (Fsp3) is 0.167. The maximum Gasteiger partial charge on any atom is 0.182 e. The molecule has 0 amide bonds.